The van der Waals surface area contributed by atoms with Gasteiger partial charge in [0.1, 0.15) is 0 Å². The molecule has 1 aliphatic rings. The lowest BCUT2D eigenvalue weighted by atomic mass is 10.1. The molecule has 1 aliphatic heterocycles. The van der Waals surface area contributed by atoms with Crippen LogP contribution in [0.25, 0.3) is 0 Å². The molecule has 1 heterocycles. The molecular formula is C11H22N2O2. The van der Waals surface area contributed by atoms with Crippen LogP contribution in [-0.4, -0.2) is 39.3 Å². The first-order valence-corrected chi connectivity index (χ1v) is 5.82. The lowest BCUT2D eigenvalue weighted by molar-refractivity contribution is -0.121. The molecule has 0 aromatic heterocycles. The molecule has 0 aromatic carbocycles. The molecule has 1 rings (SSSR count). The van der Waals surface area contributed by atoms with Gasteiger partial charge in [0.25, 0.3) is 0 Å². The molecule has 0 spiro atoms. The van der Waals surface area contributed by atoms with Gasteiger partial charge < -0.3 is 15.4 Å². The van der Waals surface area contributed by atoms with Gasteiger partial charge >= 0.3 is 0 Å². The van der Waals surface area contributed by atoms with E-state index in [1.54, 1.807) is 0 Å². The Labute approximate surface area is 91.8 Å². The van der Waals surface area contributed by atoms with Crippen molar-refractivity contribution in [3.05, 3.63) is 0 Å². The van der Waals surface area contributed by atoms with Crippen LogP contribution in [-0.2, 0) is 9.53 Å². The van der Waals surface area contributed by atoms with E-state index in [-0.39, 0.29) is 5.91 Å². The molecule has 0 bridgehead atoms. The van der Waals surface area contributed by atoms with E-state index in [0.29, 0.717) is 12.3 Å². The maximum absolute atomic E-state index is 11.3. The van der Waals surface area contributed by atoms with Crippen molar-refractivity contribution in [1.82, 2.24) is 10.6 Å². The minimum absolute atomic E-state index is 0.171. The largest absolute Gasteiger partial charge is 0.381 e. The zero-order chi connectivity index (χ0) is 10.9. The molecule has 1 saturated heterocycles. The van der Waals surface area contributed by atoms with Gasteiger partial charge in [0.2, 0.25) is 5.91 Å². The van der Waals surface area contributed by atoms with Gasteiger partial charge in [-0.15, -0.1) is 0 Å². The predicted octanol–water partition coefficient (Wildman–Crippen LogP) is 0.529. The summed E-state index contributed by atoms with van der Waals surface area (Å²) in [5.74, 6) is 0.826. The van der Waals surface area contributed by atoms with Gasteiger partial charge in [-0.1, -0.05) is 0 Å². The fraction of sp³-hybridized carbons (Fsp3) is 0.909. The first-order chi connectivity index (χ1) is 7.33. The standard InChI is InChI=1S/C11H22N2O2/c1-12-6-2-3-11(14)13-7-4-10-5-8-15-9-10/h10,12H,2-9H2,1H3,(H,13,14). The van der Waals surface area contributed by atoms with Gasteiger partial charge in [-0.3, -0.25) is 4.79 Å². The highest BCUT2D eigenvalue weighted by atomic mass is 16.5. The Hall–Kier alpha value is -0.610. The molecule has 0 aromatic rings. The molecule has 1 atom stereocenters. The molecule has 4 heteroatoms. The number of nitrogens with one attached hydrogen (secondary N) is 2. The summed E-state index contributed by atoms with van der Waals surface area (Å²) < 4.78 is 5.27. The topological polar surface area (TPSA) is 50.4 Å². The van der Waals surface area contributed by atoms with Crippen LogP contribution in [0.5, 0.6) is 0 Å². The molecule has 1 amide bonds. The van der Waals surface area contributed by atoms with Gasteiger partial charge in [-0.2, -0.15) is 0 Å². The van der Waals surface area contributed by atoms with Crippen molar-refractivity contribution in [3.63, 3.8) is 0 Å². The van der Waals surface area contributed by atoms with Gasteiger partial charge in [-0.25, -0.2) is 0 Å². The second kappa shape index (κ2) is 7.65. The highest BCUT2D eigenvalue weighted by Gasteiger charge is 2.14. The third kappa shape index (κ3) is 5.74. The van der Waals surface area contributed by atoms with Crippen molar-refractivity contribution in [2.75, 3.05) is 33.4 Å². The molecule has 4 nitrogen and oxygen atoms in total. The molecule has 0 saturated carbocycles. The lowest BCUT2D eigenvalue weighted by Gasteiger charge is -2.08. The quantitative estimate of drug-likeness (QED) is 0.608. The molecule has 2 N–H and O–H groups in total. The fourth-order valence-corrected chi connectivity index (χ4v) is 1.74. The van der Waals surface area contributed by atoms with Crippen LogP contribution in [0.1, 0.15) is 25.7 Å². The van der Waals surface area contributed by atoms with Gasteiger partial charge in [0.05, 0.1) is 0 Å². The van der Waals surface area contributed by atoms with E-state index in [4.69, 9.17) is 4.74 Å². The third-order valence-electron chi connectivity index (χ3n) is 2.73. The van der Waals surface area contributed by atoms with Crippen LogP contribution in [0, 0.1) is 5.92 Å². The number of hydrogen-bond donors (Lipinski definition) is 2. The zero-order valence-electron chi connectivity index (χ0n) is 9.55. The summed E-state index contributed by atoms with van der Waals surface area (Å²) in [5, 5.41) is 5.97. The third-order valence-corrected chi connectivity index (χ3v) is 2.73. The Balaban J connectivity index is 1.91. The molecule has 0 radical (unpaired) electrons. The highest BCUT2D eigenvalue weighted by Crippen LogP contribution is 2.15. The van der Waals surface area contributed by atoms with Crippen molar-refractivity contribution in [1.29, 1.82) is 0 Å². The number of hydrogen-bond acceptors (Lipinski definition) is 3. The number of rotatable bonds is 7. The van der Waals surface area contributed by atoms with E-state index >= 15 is 0 Å². The minimum atomic E-state index is 0.171. The van der Waals surface area contributed by atoms with E-state index in [0.717, 1.165) is 45.6 Å². The average Bonchev–Trinajstić information content (AvgIpc) is 2.71. The average molecular weight is 214 g/mol. The van der Waals surface area contributed by atoms with Crippen molar-refractivity contribution in [3.8, 4) is 0 Å². The fourth-order valence-electron chi connectivity index (χ4n) is 1.74. The van der Waals surface area contributed by atoms with Crippen molar-refractivity contribution < 1.29 is 9.53 Å². The Morgan fingerprint density at radius 3 is 3.00 bits per heavy atom. The van der Waals surface area contributed by atoms with Crippen LogP contribution >= 0.6 is 0 Å². The summed E-state index contributed by atoms with van der Waals surface area (Å²) in [7, 11) is 1.90. The van der Waals surface area contributed by atoms with Crippen LogP contribution in [0.15, 0.2) is 0 Å². The SMILES string of the molecule is CNCCCC(=O)NCCC1CCOC1. The van der Waals surface area contributed by atoms with Gasteiger partial charge in [0, 0.05) is 26.2 Å². The minimum Gasteiger partial charge on any atom is -0.381 e. The Kier molecular flexibility index (Phi) is 6.36. The second-order valence-corrected chi connectivity index (χ2v) is 4.08. The van der Waals surface area contributed by atoms with Crippen LogP contribution in [0.2, 0.25) is 0 Å². The normalized spacial score (nSPS) is 20.5. The summed E-state index contributed by atoms with van der Waals surface area (Å²) in [6, 6.07) is 0. The molecule has 1 unspecified atom stereocenters. The van der Waals surface area contributed by atoms with Crippen molar-refractivity contribution in [2.24, 2.45) is 5.92 Å². The van der Waals surface area contributed by atoms with E-state index < -0.39 is 0 Å². The monoisotopic (exact) mass is 214 g/mol. The number of ether oxygens (including phenoxy) is 1. The van der Waals surface area contributed by atoms with Crippen LogP contribution in [0.3, 0.4) is 0 Å². The Morgan fingerprint density at radius 1 is 1.47 bits per heavy atom. The van der Waals surface area contributed by atoms with Crippen molar-refractivity contribution in [2.45, 2.75) is 25.7 Å². The zero-order valence-corrected chi connectivity index (χ0v) is 9.55. The Morgan fingerprint density at radius 2 is 2.33 bits per heavy atom. The van der Waals surface area contributed by atoms with Crippen LogP contribution in [0.4, 0.5) is 0 Å². The van der Waals surface area contributed by atoms with Crippen LogP contribution < -0.4 is 10.6 Å². The maximum atomic E-state index is 11.3. The summed E-state index contributed by atoms with van der Waals surface area (Å²) in [5.41, 5.74) is 0. The van der Waals surface area contributed by atoms with E-state index in [1.807, 2.05) is 7.05 Å². The smallest absolute Gasteiger partial charge is 0.220 e. The van der Waals surface area contributed by atoms with Gasteiger partial charge in [0.15, 0.2) is 0 Å². The van der Waals surface area contributed by atoms with E-state index in [1.165, 1.54) is 0 Å². The summed E-state index contributed by atoms with van der Waals surface area (Å²) >= 11 is 0. The number of carbonyl (C=O) groups excluding carboxylic acids is 1. The lowest BCUT2D eigenvalue weighted by Crippen LogP contribution is -2.26. The molecule has 88 valence electrons. The summed E-state index contributed by atoms with van der Waals surface area (Å²) in [4.78, 5) is 11.3. The molecule has 0 aliphatic carbocycles. The van der Waals surface area contributed by atoms with E-state index in [9.17, 15) is 4.79 Å². The van der Waals surface area contributed by atoms with Crippen molar-refractivity contribution >= 4 is 5.91 Å². The summed E-state index contributed by atoms with van der Waals surface area (Å²) in [6.07, 6.45) is 3.74. The molecular weight excluding hydrogens is 192 g/mol. The summed E-state index contributed by atoms with van der Waals surface area (Å²) in [6.45, 7) is 3.46. The Bertz CT molecular complexity index is 179. The first-order valence-electron chi connectivity index (χ1n) is 5.82. The highest BCUT2D eigenvalue weighted by molar-refractivity contribution is 5.75. The molecule has 1 fully saturated rings. The number of amides is 1. The van der Waals surface area contributed by atoms with E-state index in [2.05, 4.69) is 10.6 Å². The van der Waals surface area contributed by atoms with Gasteiger partial charge in [-0.05, 0) is 38.8 Å². The predicted molar refractivity (Wildman–Crippen MR) is 59.7 cm³/mol. The second-order valence-electron chi connectivity index (χ2n) is 4.08. The number of carbonyl (C=O) groups is 1. The maximum Gasteiger partial charge on any atom is 0.220 e. The first kappa shape index (κ1) is 12.5. The molecule has 15 heavy (non-hydrogen) atoms.